The molecule has 0 N–H and O–H groups in total. The van der Waals surface area contributed by atoms with E-state index in [0.29, 0.717) is 0 Å². The van der Waals surface area contributed by atoms with Gasteiger partial charge in [0, 0.05) is 4.43 Å². The van der Waals surface area contributed by atoms with Gasteiger partial charge in [0.15, 0.2) is 0 Å². The molecule has 1 fully saturated rings. The summed E-state index contributed by atoms with van der Waals surface area (Å²) < 4.78 is 1.37. The number of hydrogen-bond acceptors (Lipinski definition) is 0. The van der Waals surface area contributed by atoms with Crippen LogP contribution in [0.4, 0.5) is 0 Å². The largest absolute Gasteiger partial charge is 0.0861 e. The maximum absolute atomic E-state index is 2.50. The minimum atomic E-state index is 1.02. The van der Waals surface area contributed by atoms with Crippen molar-refractivity contribution in [2.75, 3.05) is 4.43 Å². The Morgan fingerprint density at radius 2 is 2.25 bits per heavy atom. The van der Waals surface area contributed by atoms with Crippen molar-refractivity contribution in [1.82, 2.24) is 0 Å². The van der Waals surface area contributed by atoms with Crippen molar-refractivity contribution in [2.45, 2.75) is 26.2 Å². The first kappa shape index (κ1) is 6.84. The van der Waals surface area contributed by atoms with E-state index >= 15 is 0 Å². The molecule has 1 saturated carbocycles. The fraction of sp³-hybridized carbons (Fsp3) is 1.00. The van der Waals surface area contributed by atoms with E-state index in [-0.39, 0.29) is 0 Å². The lowest BCUT2D eigenvalue weighted by molar-refractivity contribution is 0.470. The Morgan fingerprint density at radius 1 is 1.50 bits per heavy atom. The van der Waals surface area contributed by atoms with Crippen molar-refractivity contribution in [3.63, 3.8) is 0 Å². The molecule has 0 amide bonds. The number of hydrogen-bond donors (Lipinski definition) is 0. The van der Waals surface area contributed by atoms with Gasteiger partial charge in [0.25, 0.3) is 0 Å². The molecule has 8 heavy (non-hydrogen) atoms. The minimum Gasteiger partial charge on any atom is -0.0861 e. The highest BCUT2D eigenvalue weighted by Crippen LogP contribution is 2.32. The van der Waals surface area contributed by atoms with Crippen molar-refractivity contribution < 1.29 is 0 Å². The van der Waals surface area contributed by atoms with Crippen molar-refractivity contribution in [1.29, 1.82) is 0 Å². The first-order valence-corrected chi connectivity index (χ1v) is 4.93. The van der Waals surface area contributed by atoms with Gasteiger partial charge in [0.1, 0.15) is 0 Å². The van der Waals surface area contributed by atoms with E-state index in [1.54, 1.807) is 0 Å². The van der Waals surface area contributed by atoms with Gasteiger partial charge >= 0.3 is 0 Å². The maximum atomic E-state index is 2.50. The standard InChI is InChI=1S/C7H13I/c1-6-3-2-4-7(6)5-8/h6-7H,2-5H2,1H3/t6-,7-/m0/s1. The van der Waals surface area contributed by atoms with Crippen LogP contribution in [0.2, 0.25) is 0 Å². The van der Waals surface area contributed by atoms with Gasteiger partial charge in [-0.1, -0.05) is 42.4 Å². The Bertz CT molecular complexity index is 70.8. The van der Waals surface area contributed by atoms with Crippen LogP contribution in [-0.4, -0.2) is 4.43 Å². The van der Waals surface area contributed by atoms with Crippen LogP contribution in [0.3, 0.4) is 0 Å². The van der Waals surface area contributed by atoms with Crippen LogP contribution in [-0.2, 0) is 0 Å². The van der Waals surface area contributed by atoms with Gasteiger partial charge in [-0.3, -0.25) is 0 Å². The lowest BCUT2D eigenvalue weighted by Crippen LogP contribution is -2.03. The molecule has 0 radical (unpaired) electrons. The van der Waals surface area contributed by atoms with Crippen molar-refractivity contribution >= 4 is 22.6 Å². The Hall–Kier alpha value is 0.730. The summed E-state index contributed by atoms with van der Waals surface area (Å²) in [4.78, 5) is 0. The predicted octanol–water partition coefficient (Wildman–Crippen LogP) is 2.86. The summed E-state index contributed by atoms with van der Waals surface area (Å²) in [6.45, 7) is 2.39. The third-order valence-corrected chi connectivity index (χ3v) is 3.37. The third kappa shape index (κ3) is 1.36. The van der Waals surface area contributed by atoms with Gasteiger partial charge in [-0.15, -0.1) is 0 Å². The number of halogens is 1. The quantitative estimate of drug-likeness (QED) is 0.474. The molecular weight excluding hydrogens is 211 g/mol. The topological polar surface area (TPSA) is 0 Å². The minimum absolute atomic E-state index is 1.02. The molecule has 0 saturated heterocycles. The summed E-state index contributed by atoms with van der Waals surface area (Å²) in [5.74, 6) is 2.07. The van der Waals surface area contributed by atoms with Crippen molar-refractivity contribution in [3.8, 4) is 0 Å². The monoisotopic (exact) mass is 224 g/mol. The first-order valence-electron chi connectivity index (χ1n) is 3.40. The molecule has 0 unspecified atom stereocenters. The van der Waals surface area contributed by atoms with Crippen LogP contribution in [0.15, 0.2) is 0 Å². The fourth-order valence-corrected chi connectivity index (χ4v) is 2.76. The Labute approximate surface area is 65.2 Å². The molecule has 0 aliphatic heterocycles. The highest BCUT2D eigenvalue weighted by Gasteiger charge is 2.21. The Kier molecular flexibility index (Phi) is 2.60. The molecule has 2 atom stereocenters. The molecule has 1 aliphatic carbocycles. The molecule has 48 valence electrons. The Morgan fingerprint density at radius 3 is 2.50 bits per heavy atom. The molecule has 0 aromatic heterocycles. The van der Waals surface area contributed by atoms with Gasteiger partial charge in [-0.25, -0.2) is 0 Å². The lowest BCUT2D eigenvalue weighted by Gasteiger charge is -2.09. The van der Waals surface area contributed by atoms with E-state index in [1.165, 1.54) is 23.7 Å². The highest BCUT2D eigenvalue weighted by atomic mass is 127. The summed E-state index contributed by atoms with van der Waals surface area (Å²) in [5, 5.41) is 0. The zero-order valence-corrected chi connectivity index (χ0v) is 7.52. The zero-order valence-electron chi connectivity index (χ0n) is 5.36. The molecule has 0 aromatic rings. The summed E-state index contributed by atoms with van der Waals surface area (Å²) in [6, 6.07) is 0. The molecule has 0 spiro atoms. The molecular formula is C7H13I. The molecule has 1 aliphatic rings. The molecule has 1 heteroatoms. The molecule has 0 heterocycles. The van der Waals surface area contributed by atoms with E-state index in [2.05, 4.69) is 29.5 Å². The summed E-state index contributed by atoms with van der Waals surface area (Å²) in [5.41, 5.74) is 0. The highest BCUT2D eigenvalue weighted by molar-refractivity contribution is 14.1. The molecule has 1 rings (SSSR count). The molecule has 0 aromatic carbocycles. The molecule has 0 bridgehead atoms. The average molecular weight is 224 g/mol. The van der Waals surface area contributed by atoms with E-state index in [9.17, 15) is 0 Å². The second kappa shape index (κ2) is 3.04. The predicted molar refractivity (Wildman–Crippen MR) is 45.4 cm³/mol. The lowest BCUT2D eigenvalue weighted by atomic mass is 10.0. The van der Waals surface area contributed by atoms with Crippen LogP contribution in [0, 0.1) is 11.8 Å². The first-order chi connectivity index (χ1) is 3.84. The number of alkyl halides is 1. The van der Waals surface area contributed by atoms with E-state index < -0.39 is 0 Å². The van der Waals surface area contributed by atoms with Crippen LogP contribution in [0.25, 0.3) is 0 Å². The third-order valence-electron chi connectivity index (χ3n) is 2.24. The van der Waals surface area contributed by atoms with Crippen LogP contribution < -0.4 is 0 Å². The van der Waals surface area contributed by atoms with Crippen LogP contribution >= 0.6 is 22.6 Å². The number of rotatable bonds is 1. The van der Waals surface area contributed by atoms with Gasteiger partial charge in [-0.05, 0) is 18.3 Å². The maximum Gasteiger partial charge on any atom is 0.00262 e. The Balaban J connectivity index is 2.30. The summed E-state index contributed by atoms with van der Waals surface area (Å²) >= 11 is 2.50. The SMILES string of the molecule is C[C@H]1CCC[C@H]1CI. The molecule has 0 nitrogen and oxygen atoms in total. The van der Waals surface area contributed by atoms with Crippen molar-refractivity contribution in [2.24, 2.45) is 11.8 Å². The second-order valence-corrected chi connectivity index (χ2v) is 3.70. The smallest absolute Gasteiger partial charge is 0.00262 e. The van der Waals surface area contributed by atoms with Crippen LogP contribution in [0.5, 0.6) is 0 Å². The summed E-state index contributed by atoms with van der Waals surface area (Å²) in [7, 11) is 0. The normalized spacial score (nSPS) is 38.2. The fourth-order valence-electron chi connectivity index (χ4n) is 1.45. The zero-order chi connectivity index (χ0) is 5.98. The van der Waals surface area contributed by atoms with Gasteiger partial charge in [0.2, 0.25) is 0 Å². The van der Waals surface area contributed by atoms with Gasteiger partial charge in [0.05, 0.1) is 0 Å². The van der Waals surface area contributed by atoms with E-state index in [4.69, 9.17) is 0 Å². The summed E-state index contributed by atoms with van der Waals surface area (Å²) in [6.07, 6.45) is 4.45. The van der Waals surface area contributed by atoms with E-state index in [1.807, 2.05) is 0 Å². The van der Waals surface area contributed by atoms with E-state index in [0.717, 1.165) is 11.8 Å². The van der Waals surface area contributed by atoms with Gasteiger partial charge < -0.3 is 0 Å². The van der Waals surface area contributed by atoms with Crippen molar-refractivity contribution in [3.05, 3.63) is 0 Å². The van der Waals surface area contributed by atoms with Crippen LogP contribution in [0.1, 0.15) is 26.2 Å². The average Bonchev–Trinajstić information content (AvgIpc) is 2.14. The second-order valence-electron chi connectivity index (χ2n) is 2.82. The van der Waals surface area contributed by atoms with Gasteiger partial charge in [-0.2, -0.15) is 0 Å².